The first-order chi connectivity index (χ1) is 11.3. The summed E-state index contributed by atoms with van der Waals surface area (Å²) in [4.78, 5) is 16.1. The predicted octanol–water partition coefficient (Wildman–Crippen LogP) is 5.03. The Bertz CT molecular complexity index is 765. The van der Waals surface area contributed by atoms with Crippen molar-refractivity contribution in [3.8, 4) is 0 Å². The minimum absolute atomic E-state index is 0.0914. The van der Waals surface area contributed by atoms with Crippen LogP contribution in [0, 0.1) is 18.3 Å². The summed E-state index contributed by atoms with van der Waals surface area (Å²) >= 11 is 3.39. The molecule has 0 saturated heterocycles. The van der Waals surface area contributed by atoms with Crippen molar-refractivity contribution in [1.82, 2.24) is 5.43 Å². The third-order valence-electron chi connectivity index (χ3n) is 4.74. The second-order valence-electron chi connectivity index (χ2n) is 7.50. The van der Waals surface area contributed by atoms with Crippen LogP contribution in [0.25, 0.3) is 0 Å². The second-order valence-corrected chi connectivity index (χ2v) is 9.79. The molecule has 0 aromatic carbocycles. The van der Waals surface area contributed by atoms with E-state index in [4.69, 9.17) is 0 Å². The zero-order chi connectivity index (χ0) is 17.3. The van der Waals surface area contributed by atoms with E-state index in [1.165, 1.54) is 15.3 Å². The number of rotatable bonds is 3. The van der Waals surface area contributed by atoms with E-state index in [2.05, 4.69) is 44.3 Å². The number of fused-ring (bicyclic) bond motifs is 1. The van der Waals surface area contributed by atoms with Crippen LogP contribution < -0.4 is 5.43 Å². The molecule has 5 heteroatoms. The van der Waals surface area contributed by atoms with Gasteiger partial charge in [0.15, 0.2) is 0 Å². The van der Waals surface area contributed by atoms with Gasteiger partial charge in [-0.25, -0.2) is 5.43 Å². The van der Waals surface area contributed by atoms with Gasteiger partial charge in [-0.1, -0.05) is 20.8 Å². The Balaban J connectivity index is 1.67. The average molecular weight is 361 g/mol. The maximum atomic E-state index is 12.4. The molecule has 1 amide bonds. The molecule has 2 heterocycles. The molecule has 2 aromatic rings. The standard InChI is InChI=1S/C19H24N2OS2/c1-12-5-7-14(24-12)10-20-21-18(22)16-11-23-17-9-13(19(2,3)4)6-8-15(16)17/h5,7,10-11,13H,6,8-9H2,1-4H3,(H,21,22). The number of nitrogens with one attached hydrogen (secondary N) is 1. The first kappa shape index (κ1) is 17.4. The molecule has 1 aliphatic rings. The van der Waals surface area contributed by atoms with Gasteiger partial charge < -0.3 is 0 Å². The summed E-state index contributed by atoms with van der Waals surface area (Å²) in [6, 6.07) is 4.06. The van der Waals surface area contributed by atoms with Crippen molar-refractivity contribution in [3.63, 3.8) is 0 Å². The van der Waals surface area contributed by atoms with Crippen LogP contribution in [0.4, 0.5) is 0 Å². The molecular formula is C19H24N2OS2. The summed E-state index contributed by atoms with van der Waals surface area (Å²) in [6.07, 6.45) is 4.96. The molecule has 2 aromatic heterocycles. The summed E-state index contributed by atoms with van der Waals surface area (Å²) < 4.78 is 0. The van der Waals surface area contributed by atoms with Crippen molar-refractivity contribution in [1.29, 1.82) is 0 Å². The normalized spacial score (nSPS) is 17.9. The summed E-state index contributed by atoms with van der Waals surface area (Å²) in [6.45, 7) is 8.99. The Labute approximate surface area is 151 Å². The van der Waals surface area contributed by atoms with Crippen LogP contribution >= 0.6 is 22.7 Å². The summed E-state index contributed by atoms with van der Waals surface area (Å²) in [5, 5.41) is 6.10. The van der Waals surface area contributed by atoms with Gasteiger partial charge in [0, 0.05) is 20.0 Å². The van der Waals surface area contributed by atoms with Crippen LogP contribution in [-0.2, 0) is 12.8 Å². The average Bonchev–Trinajstić information content (AvgIpc) is 3.11. The number of hydrogen-bond acceptors (Lipinski definition) is 4. The van der Waals surface area contributed by atoms with E-state index in [1.807, 2.05) is 11.4 Å². The fourth-order valence-electron chi connectivity index (χ4n) is 3.18. The Morgan fingerprint density at radius 3 is 2.83 bits per heavy atom. The number of nitrogens with zero attached hydrogens (tertiary/aromatic N) is 1. The van der Waals surface area contributed by atoms with Gasteiger partial charge >= 0.3 is 0 Å². The lowest BCUT2D eigenvalue weighted by Gasteiger charge is -2.33. The van der Waals surface area contributed by atoms with Crippen molar-refractivity contribution in [3.05, 3.63) is 43.3 Å². The molecular weight excluding hydrogens is 336 g/mol. The van der Waals surface area contributed by atoms with Crippen LogP contribution in [0.5, 0.6) is 0 Å². The van der Waals surface area contributed by atoms with E-state index >= 15 is 0 Å². The summed E-state index contributed by atoms with van der Waals surface area (Å²) in [5.41, 5.74) is 5.05. The topological polar surface area (TPSA) is 41.5 Å². The molecule has 0 aliphatic heterocycles. The minimum atomic E-state index is -0.0914. The number of hydrazone groups is 1. The van der Waals surface area contributed by atoms with Crippen LogP contribution in [0.1, 0.15) is 57.7 Å². The third kappa shape index (κ3) is 3.78. The number of aryl methyl sites for hydroxylation is 1. The van der Waals surface area contributed by atoms with E-state index < -0.39 is 0 Å². The highest BCUT2D eigenvalue weighted by Crippen LogP contribution is 2.40. The largest absolute Gasteiger partial charge is 0.272 e. The van der Waals surface area contributed by atoms with E-state index in [9.17, 15) is 4.79 Å². The van der Waals surface area contributed by atoms with Gasteiger partial charge in [-0.15, -0.1) is 22.7 Å². The first-order valence-electron chi connectivity index (χ1n) is 8.33. The molecule has 0 saturated carbocycles. The zero-order valence-electron chi connectivity index (χ0n) is 14.7. The quantitative estimate of drug-likeness (QED) is 0.605. The number of hydrogen-bond donors (Lipinski definition) is 1. The summed E-state index contributed by atoms with van der Waals surface area (Å²) in [5.74, 6) is 0.603. The minimum Gasteiger partial charge on any atom is -0.267 e. The molecule has 3 rings (SSSR count). The smallest absolute Gasteiger partial charge is 0.267 e. The highest BCUT2D eigenvalue weighted by molar-refractivity contribution is 7.13. The SMILES string of the molecule is Cc1ccc(C=NNC(=O)c2csc3c2CCC(C(C)(C)C)C3)s1. The van der Waals surface area contributed by atoms with E-state index in [0.29, 0.717) is 11.3 Å². The van der Waals surface area contributed by atoms with Crippen LogP contribution in [-0.4, -0.2) is 12.1 Å². The maximum Gasteiger partial charge on any atom is 0.272 e. The molecule has 0 bridgehead atoms. The molecule has 1 atom stereocenters. The van der Waals surface area contributed by atoms with Crippen LogP contribution in [0.3, 0.4) is 0 Å². The summed E-state index contributed by atoms with van der Waals surface area (Å²) in [7, 11) is 0. The maximum absolute atomic E-state index is 12.4. The fourth-order valence-corrected chi connectivity index (χ4v) is 5.09. The Morgan fingerprint density at radius 2 is 2.17 bits per heavy atom. The number of carbonyl (C=O) groups excluding carboxylic acids is 1. The molecule has 1 N–H and O–H groups in total. The molecule has 0 radical (unpaired) electrons. The Morgan fingerprint density at radius 1 is 1.38 bits per heavy atom. The Hall–Kier alpha value is -1.46. The Kier molecular flexibility index (Phi) is 4.92. The fraction of sp³-hybridized carbons (Fsp3) is 0.474. The van der Waals surface area contributed by atoms with Crippen molar-refractivity contribution in [2.24, 2.45) is 16.4 Å². The van der Waals surface area contributed by atoms with Gasteiger partial charge in [0.05, 0.1) is 11.8 Å². The van der Waals surface area contributed by atoms with Gasteiger partial charge in [-0.3, -0.25) is 4.79 Å². The van der Waals surface area contributed by atoms with Crippen molar-refractivity contribution >= 4 is 34.8 Å². The third-order valence-corrected chi connectivity index (χ3v) is 6.73. The highest BCUT2D eigenvalue weighted by atomic mass is 32.1. The van der Waals surface area contributed by atoms with Crippen molar-refractivity contribution < 1.29 is 4.79 Å². The predicted molar refractivity (Wildman–Crippen MR) is 103 cm³/mol. The lowest BCUT2D eigenvalue weighted by molar-refractivity contribution is 0.0954. The van der Waals surface area contributed by atoms with Gasteiger partial charge in [0.1, 0.15) is 0 Å². The zero-order valence-corrected chi connectivity index (χ0v) is 16.3. The van der Waals surface area contributed by atoms with Gasteiger partial charge in [-0.2, -0.15) is 5.10 Å². The van der Waals surface area contributed by atoms with Gasteiger partial charge in [0.2, 0.25) is 0 Å². The van der Waals surface area contributed by atoms with E-state index in [0.717, 1.165) is 29.7 Å². The number of carbonyl (C=O) groups is 1. The van der Waals surface area contributed by atoms with Crippen molar-refractivity contribution in [2.45, 2.75) is 47.0 Å². The second kappa shape index (κ2) is 6.81. The molecule has 3 nitrogen and oxygen atoms in total. The lowest BCUT2D eigenvalue weighted by atomic mass is 9.72. The van der Waals surface area contributed by atoms with Gasteiger partial charge in [0.25, 0.3) is 5.91 Å². The van der Waals surface area contributed by atoms with E-state index in [-0.39, 0.29) is 5.91 Å². The monoisotopic (exact) mass is 360 g/mol. The molecule has 0 fully saturated rings. The molecule has 0 spiro atoms. The molecule has 24 heavy (non-hydrogen) atoms. The molecule has 1 unspecified atom stereocenters. The molecule has 128 valence electrons. The number of thiophene rings is 2. The first-order valence-corrected chi connectivity index (χ1v) is 10.0. The van der Waals surface area contributed by atoms with Gasteiger partial charge in [-0.05, 0) is 55.2 Å². The van der Waals surface area contributed by atoms with Crippen LogP contribution in [0.2, 0.25) is 0 Å². The van der Waals surface area contributed by atoms with E-state index in [1.54, 1.807) is 28.9 Å². The highest BCUT2D eigenvalue weighted by Gasteiger charge is 2.31. The molecule has 1 aliphatic carbocycles. The van der Waals surface area contributed by atoms with Crippen molar-refractivity contribution in [2.75, 3.05) is 0 Å². The lowest BCUT2D eigenvalue weighted by Crippen LogP contribution is -2.27. The number of amides is 1. The van der Waals surface area contributed by atoms with Crippen LogP contribution in [0.15, 0.2) is 22.6 Å².